The molecule has 0 saturated heterocycles. The summed E-state index contributed by atoms with van der Waals surface area (Å²) in [5.74, 6) is -1.28. The number of methoxy groups -OCH3 is 1. The Kier molecular flexibility index (Phi) is 4.23. The highest BCUT2D eigenvalue weighted by Gasteiger charge is 2.23. The number of aliphatic carboxylic acids is 1. The minimum atomic E-state index is -1.02. The van der Waals surface area contributed by atoms with E-state index in [1.807, 2.05) is 6.07 Å². The van der Waals surface area contributed by atoms with Crippen LogP contribution in [0.1, 0.15) is 13.3 Å². The van der Waals surface area contributed by atoms with E-state index in [1.165, 1.54) is 7.11 Å². The van der Waals surface area contributed by atoms with Crippen molar-refractivity contribution in [2.45, 2.75) is 19.4 Å². The fourth-order valence-electron chi connectivity index (χ4n) is 0.828. The molecule has 0 heterocycles. The molecule has 0 bridgehead atoms. The van der Waals surface area contributed by atoms with Crippen LogP contribution in [0.4, 0.5) is 0 Å². The van der Waals surface area contributed by atoms with Crippen molar-refractivity contribution in [3.05, 3.63) is 0 Å². The molecule has 0 amide bonds. The first kappa shape index (κ1) is 9.92. The van der Waals surface area contributed by atoms with Crippen LogP contribution in [0.2, 0.25) is 0 Å². The van der Waals surface area contributed by atoms with E-state index in [9.17, 15) is 4.79 Å². The molecular formula is C7H11NO3. The van der Waals surface area contributed by atoms with Crippen LogP contribution in [0.5, 0.6) is 0 Å². The molecule has 0 aromatic carbocycles. The molecule has 0 aliphatic heterocycles. The van der Waals surface area contributed by atoms with Crippen molar-refractivity contribution >= 4 is 5.97 Å². The first-order chi connectivity index (χ1) is 5.13. The van der Waals surface area contributed by atoms with Crippen LogP contribution in [0.15, 0.2) is 0 Å². The van der Waals surface area contributed by atoms with Gasteiger partial charge in [0.2, 0.25) is 0 Å². The number of hydrogen-bond donors (Lipinski definition) is 1. The Bertz CT molecular complexity index is 173. The Morgan fingerprint density at radius 3 is 2.64 bits per heavy atom. The molecule has 0 rings (SSSR count). The molecule has 0 unspecified atom stereocenters. The Hall–Kier alpha value is -1.08. The molecule has 0 aromatic rings. The summed E-state index contributed by atoms with van der Waals surface area (Å²) in [6.07, 6.45) is -0.667. The van der Waals surface area contributed by atoms with Crippen molar-refractivity contribution in [3.63, 3.8) is 0 Å². The lowest BCUT2D eigenvalue weighted by Gasteiger charge is -2.14. The van der Waals surface area contributed by atoms with Gasteiger partial charge in [-0.1, -0.05) is 6.92 Å². The molecule has 0 radical (unpaired) electrons. The van der Waals surface area contributed by atoms with Gasteiger partial charge in [0.25, 0.3) is 0 Å². The lowest BCUT2D eigenvalue weighted by atomic mass is 10.0. The summed E-state index contributed by atoms with van der Waals surface area (Å²) < 4.78 is 4.68. The van der Waals surface area contributed by atoms with Gasteiger partial charge >= 0.3 is 5.97 Å². The number of rotatable bonds is 4. The quantitative estimate of drug-likeness (QED) is 0.649. The van der Waals surface area contributed by atoms with Crippen molar-refractivity contribution < 1.29 is 14.6 Å². The van der Waals surface area contributed by atoms with Crippen molar-refractivity contribution in [1.29, 1.82) is 5.26 Å². The normalized spacial score (nSPS) is 15.0. The van der Waals surface area contributed by atoms with Gasteiger partial charge in [-0.05, 0) is 0 Å². The standard InChI is InChI=1S/C7H11NO3/c1-5(3-4-8)6(11-2)7(9)10/h5-6H,3H2,1-2H3,(H,9,10)/t5-,6+/m0/s1. The highest BCUT2D eigenvalue weighted by atomic mass is 16.5. The molecule has 11 heavy (non-hydrogen) atoms. The van der Waals surface area contributed by atoms with Crippen LogP contribution in [-0.2, 0) is 9.53 Å². The smallest absolute Gasteiger partial charge is 0.333 e. The molecule has 0 fully saturated rings. The summed E-state index contributed by atoms with van der Waals surface area (Å²) in [6, 6.07) is 1.89. The van der Waals surface area contributed by atoms with Crippen LogP contribution < -0.4 is 0 Å². The van der Waals surface area contributed by atoms with Crippen LogP contribution in [-0.4, -0.2) is 24.3 Å². The van der Waals surface area contributed by atoms with E-state index in [4.69, 9.17) is 10.4 Å². The van der Waals surface area contributed by atoms with Crippen molar-refractivity contribution in [2.24, 2.45) is 5.92 Å². The van der Waals surface area contributed by atoms with Gasteiger partial charge in [0.05, 0.1) is 6.07 Å². The average molecular weight is 157 g/mol. The zero-order valence-corrected chi connectivity index (χ0v) is 6.57. The predicted molar refractivity (Wildman–Crippen MR) is 37.8 cm³/mol. The third-order valence-electron chi connectivity index (χ3n) is 1.43. The monoisotopic (exact) mass is 157 g/mol. The average Bonchev–Trinajstić information content (AvgIpc) is 1.88. The van der Waals surface area contributed by atoms with Crippen molar-refractivity contribution in [2.75, 3.05) is 7.11 Å². The van der Waals surface area contributed by atoms with Crippen LogP contribution in [0, 0.1) is 17.2 Å². The van der Waals surface area contributed by atoms with Gasteiger partial charge in [-0.25, -0.2) is 4.79 Å². The second-order valence-corrected chi connectivity index (χ2v) is 2.33. The number of nitrogens with zero attached hydrogens (tertiary/aromatic N) is 1. The summed E-state index contributed by atoms with van der Waals surface area (Å²) in [5, 5.41) is 16.8. The van der Waals surface area contributed by atoms with Gasteiger partial charge in [0.1, 0.15) is 0 Å². The molecule has 62 valence electrons. The summed E-state index contributed by atoms with van der Waals surface area (Å²) in [7, 11) is 1.33. The molecule has 0 aliphatic carbocycles. The molecule has 0 aliphatic rings. The maximum Gasteiger partial charge on any atom is 0.333 e. The summed E-state index contributed by atoms with van der Waals surface area (Å²) in [5.41, 5.74) is 0. The number of carboxylic acid groups (broad SMARTS) is 1. The molecular weight excluding hydrogens is 146 g/mol. The minimum absolute atomic E-state index is 0.199. The second-order valence-electron chi connectivity index (χ2n) is 2.33. The SMILES string of the molecule is CO[C@@H](C(=O)O)[C@@H](C)CC#N. The fraction of sp³-hybridized carbons (Fsp3) is 0.714. The van der Waals surface area contributed by atoms with E-state index >= 15 is 0 Å². The molecule has 1 N–H and O–H groups in total. The molecule has 0 saturated carbocycles. The van der Waals surface area contributed by atoms with Crippen molar-refractivity contribution in [1.82, 2.24) is 0 Å². The molecule has 0 aromatic heterocycles. The van der Waals surface area contributed by atoms with Gasteiger partial charge in [-0.15, -0.1) is 0 Å². The van der Waals surface area contributed by atoms with Crippen LogP contribution >= 0.6 is 0 Å². The highest BCUT2D eigenvalue weighted by Crippen LogP contribution is 2.10. The van der Waals surface area contributed by atoms with Gasteiger partial charge in [0, 0.05) is 19.4 Å². The second kappa shape index (κ2) is 4.69. The Labute approximate surface area is 65.4 Å². The van der Waals surface area contributed by atoms with E-state index in [2.05, 4.69) is 4.74 Å². The summed E-state index contributed by atoms with van der Waals surface area (Å²) >= 11 is 0. The lowest BCUT2D eigenvalue weighted by Crippen LogP contribution is -2.29. The molecule has 4 heteroatoms. The third kappa shape index (κ3) is 3.01. The molecule has 2 atom stereocenters. The summed E-state index contributed by atoms with van der Waals surface area (Å²) in [6.45, 7) is 1.67. The summed E-state index contributed by atoms with van der Waals surface area (Å²) in [4.78, 5) is 10.4. The zero-order valence-electron chi connectivity index (χ0n) is 6.57. The fourth-order valence-corrected chi connectivity index (χ4v) is 0.828. The number of ether oxygens (including phenoxy) is 1. The van der Waals surface area contributed by atoms with Crippen LogP contribution in [0.25, 0.3) is 0 Å². The van der Waals surface area contributed by atoms with E-state index in [0.717, 1.165) is 0 Å². The highest BCUT2D eigenvalue weighted by molar-refractivity contribution is 5.72. The van der Waals surface area contributed by atoms with E-state index < -0.39 is 12.1 Å². The molecule has 0 spiro atoms. The van der Waals surface area contributed by atoms with Gasteiger partial charge in [0.15, 0.2) is 6.10 Å². The largest absolute Gasteiger partial charge is 0.479 e. The topological polar surface area (TPSA) is 70.3 Å². The number of carbonyl (C=O) groups is 1. The van der Waals surface area contributed by atoms with Gasteiger partial charge < -0.3 is 9.84 Å². The van der Waals surface area contributed by atoms with Crippen molar-refractivity contribution in [3.8, 4) is 6.07 Å². The number of hydrogen-bond acceptors (Lipinski definition) is 3. The Morgan fingerprint density at radius 2 is 2.36 bits per heavy atom. The van der Waals surface area contributed by atoms with E-state index in [0.29, 0.717) is 0 Å². The van der Waals surface area contributed by atoms with Crippen LogP contribution in [0.3, 0.4) is 0 Å². The zero-order chi connectivity index (χ0) is 8.85. The minimum Gasteiger partial charge on any atom is -0.479 e. The Morgan fingerprint density at radius 1 is 1.82 bits per heavy atom. The lowest BCUT2D eigenvalue weighted by molar-refractivity contribution is -0.151. The maximum absolute atomic E-state index is 10.4. The van der Waals surface area contributed by atoms with E-state index in [-0.39, 0.29) is 12.3 Å². The van der Waals surface area contributed by atoms with E-state index in [1.54, 1.807) is 6.92 Å². The maximum atomic E-state index is 10.4. The predicted octanol–water partition coefficient (Wildman–Crippen LogP) is 0.636. The molecule has 4 nitrogen and oxygen atoms in total. The number of nitriles is 1. The first-order valence-corrected chi connectivity index (χ1v) is 3.26. The number of carboxylic acids is 1. The first-order valence-electron chi connectivity index (χ1n) is 3.26. The third-order valence-corrected chi connectivity index (χ3v) is 1.43. The van der Waals surface area contributed by atoms with Gasteiger partial charge in [-0.3, -0.25) is 0 Å². The van der Waals surface area contributed by atoms with Gasteiger partial charge in [-0.2, -0.15) is 5.26 Å². The Balaban J connectivity index is 4.04.